The fourth-order valence-corrected chi connectivity index (χ4v) is 3.26. The fraction of sp³-hybridized carbons (Fsp3) is 0.0833. The molecule has 1 aliphatic heterocycles. The van der Waals surface area contributed by atoms with Gasteiger partial charge in [0.05, 0.1) is 18.5 Å². The number of pyridine rings is 1. The zero-order chi connectivity index (χ0) is 15.9. The van der Waals surface area contributed by atoms with Crippen molar-refractivity contribution in [3.8, 4) is 5.75 Å². The average Bonchev–Trinajstić information content (AvgIpc) is 2.79. The largest absolute Gasteiger partial charge is 0.506 e. The van der Waals surface area contributed by atoms with E-state index < -0.39 is 17.1 Å². The van der Waals surface area contributed by atoms with E-state index in [0.717, 1.165) is 17.8 Å². The van der Waals surface area contributed by atoms with Crippen molar-refractivity contribution in [3.05, 3.63) is 36.0 Å². The highest BCUT2D eigenvalue weighted by Gasteiger charge is 2.28. The van der Waals surface area contributed by atoms with Crippen LogP contribution in [0.2, 0.25) is 0 Å². The number of nitrogen functional groups attached to an aromatic ring is 1. The molecule has 5 N–H and O–H groups in total. The molecule has 0 saturated carbocycles. The number of benzene rings is 1. The molecule has 0 aliphatic carbocycles. The molecule has 0 spiro atoms. The lowest BCUT2D eigenvalue weighted by molar-refractivity contribution is 0.275. The second-order valence-corrected chi connectivity index (χ2v) is 6.37. The Morgan fingerprint density at radius 1 is 1.36 bits per heavy atom. The molecule has 1 aromatic heterocycles. The zero-order valence-electron chi connectivity index (χ0n) is 11.2. The van der Waals surface area contributed by atoms with E-state index in [-0.39, 0.29) is 28.8 Å². The summed E-state index contributed by atoms with van der Waals surface area (Å²) in [5.74, 6) is -0.228. The molecule has 0 atom stereocenters. The minimum Gasteiger partial charge on any atom is -0.506 e. The lowest BCUT2D eigenvalue weighted by Gasteiger charge is -2.10. The van der Waals surface area contributed by atoms with Crippen molar-refractivity contribution in [1.29, 1.82) is 0 Å². The van der Waals surface area contributed by atoms with Crippen LogP contribution in [0.15, 0.2) is 35.5 Å². The van der Waals surface area contributed by atoms with Crippen LogP contribution in [0.5, 0.6) is 5.75 Å². The summed E-state index contributed by atoms with van der Waals surface area (Å²) in [6, 6.07) is 5.80. The molecular weight excluding hydrogens is 309 g/mol. The van der Waals surface area contributed by atoms with Crippen LogP contribution >= 0.6 is 0 Å². The number of sulfonamides is 1. The number of nitrogens with one attached hydrogen (secondary N) is 1. The molecule has 0 fully saturated rings. The molecule has 2 aromatic rings. The molecule has 0 bridgehead atoms. The molecule has 0 amide bonds. The van der Waals surface area contributed by atoms with Crippen molar-refractivity contribution in [3.63, 3.8) is 0 Å². The third-order valence-electron chi connectivity index (χ3n) is 3.18. The Balaban J connectivity index is 1.93. The first-order valence-electron chi connectivity index (χ1n) is 6.26. The quantitative estimate of drug-likeness (QED) is 0.554. The third-order valence-corrected chi connectivity index (χ3v) is 4.53. The molecule has 0 unspecified atom stereocenters. The van der Waals surface area contributed by atoms with Crippen molar-refractivity contribution in [1.82, 2.24) is 4.98 Å². The maximum Gasteiger partial charge on any atom is 0.491 e. The van der Waals surface area contributed by atoms with Crippen LogP contribution in [-0.2, 0) is 21.3 Å². The van der Waals surface area contributed by atoms with E-state index in [4.69, 9.17) is 10.4 Å². The summed E-state index contributed by atoms with van der Waals surface area (Å²) in [6.07, 6.45) is 0.991. The number of nitrogens with two attached hydrogens (primary N) is 1. The van der Waals surface area contributed by atoms with E-state index in [9.17, 15) is 18.5 Å². The Morgan fingerprint density at radius 3 is 2.86 bits per heavy atom. The number of aromatic nitrogens is 1. The monoisotopic (exact) mass is 321 g/mol. The van der Waals surface area contributed by atoms with Gasteiger partial charge < -0.3 is 20.5 Å². The maximum atomic E-state index is 12.3. The lowest BCUT2D eigenvalue weighted by atomic mass is 9.79. The van der Waals surface area contributed by atoms with Crippen LogP contribution in [0, 0.1) is 0 Å². The fourth-order valence-electron chi connectivity index (χ4n) is 2.16. The van der Waals surface area contributed by atoms with Gasteiger partial charge in [-0.05, 0) is 23.2 Å². The predicted molar refractivity (Wildman–Crippen MR) is 80.0 cm³/mol. The highest BCUT2D eigenvalue weighted by Crippen LogP contribution is 2.23. The van der Waals surface area contributed by atoms with E-state index in [0.29, 0.717) is 5.46 Å². The average molecular weight is 321 g/mol. The molecule has 22 heavy (non-hydrogen) atoms. The van der Waals surface area contributed by atoms with Crippen LogP contribution in [0.4, 0.5) is 11.4 Å². The van der Waals surface area contributed by atoms with E-state index in [1.54, 1.807) is 12.1 Å². The van der Waals surface area contributed by atoms with Crippen LogP contribution < -0.4 is 15.9 Å². The molecule has 1 aliphatic rings. The van der Waals surface area contributed by atoms with Crippen LogP contribution in [0.25, 0.3) is 0 Å². The van der Waals surface area contributed by atoms with Gasteiger partial charge in [-0.25, -0.2) is 4.98 Å². The van der Waals surface area contributed by atoms with Crippen molar-refractivity contribution in [2.45, 2.75) is 11.6 Å². The maximum absolute atomic E-state index is 12.3. The summed E-state index contributed by atoms with van der Waals surface area (Å²) in [5, 5.41) is 18.5. The first-order valence-corrected chi connectivity index (χ1v) is 7.75. The van der Waals surface area contributed by atoms with Crippen LogP contribution in [0.3, 0.4) is 0 Å². The number of rotatable bonds is 3. The van der Waals surface area contributed by atoms with Gasteiger partial charge in [-0.3, -0.25) is 4.72 Å². The van der Waals surface area contributed by atoms with Gasteiger partial charge in [0.1, 0.15) is 5.75 Å². The molecule has 0 radical (unpaired) electrons. The summed E-state index contributed by atoms with van der Waals surface area (Å²) in [4.78, 5) is 3.63. The van der Waals surface area contributed by atoms with E-state index in [1.165, 1.54) is 6.07 Å². The standard InChI is InChI=1S/C12H12BN3O5S/c14-11-4-9(17)5-15-12(11)22(19,20)16-8-2-1-7-6-21-13(18)10(7)3-8/h1-5,16-18H,6,14H2. The molecule has 3 rings (SSSR count). The first-order chi connectivity index (χ1) is 10.4. The molecule has 0 saturated heterocycles. The Bertz CT molecular complexity index is 843. The molecule has 10 heteroatoms. The summed E-state index contributed by atoms with van der Waals surface area (Å²) >= 11 is 0. The van der Waals surface area contributed by atoms with Gasteiger partial charge in [0.25, 0.3) is 10.0 Å². The number of hydrogen-bond acceptors (Lipinski definition) is 7. The second kappa shape index (κ2) is 5.16. The van der Waals surface area contributed by atoms with Crippen molar-refractivity contribution >= 4 is 34.0 Å². The van der Waals surface area contributed by atoms with E-state index in [1.807, 2.05) is 0 Å². The number of nitrogens with zero attached hydrogens (tertiary/aromatic N) is 1. The highest BCUT2D eigenvalue weighted by atomic mass is 32.2. The minimum atomic E-state index is -4.02. The SMILES string of the molecule is Nc1cc(O)cnc1S(=O)(=O)Nc1ccc2c(c1)B(O)OC2. The topological polar surface area (TPSA) is 135 Å². The first kappa shape index (κ1) is 14.6. The number of anilines is 2. The van der Waals surface area contributed by atoms with Crippen LogP contribution in [-0.4, -0.2) is 30.7 Å². The summed E-state index contributed by atoms with van der Waals surface area (Å²) in [7, 11) is -5.09. The van der Waals surface area contributed by atoms with Gasteiger partial charge in [-0.1, -0.05) is 6.07 Å². The Morgan fingerprint density at radius 2 is 2.14 bits per heavy atom. The van der Waals surface area contributed by atoms with Gasteiger partial charge in [0.2, 0.25) is 0 Å². The number of fused-ring (bicyclic) bond motifs is 1. The normalized spacial score (nSPS) is 14.0. The molecule has 1 aromatic carbocycles. The summed E-state index contributed by atoms with van der Waals surface area (Å²) in [6.45, 7) is 0.274. The van der Waals surface area contributed by atoms with E-state index in [2.05, 4.69) is 9.71 Å². The molecule has 114 valence electrons. The predicted octanol–water partition coefficient (Wildman–Crippen LogP) is -0.612. The third kappa shape index (κ3) is 2.59. The number of aromatic hydroxyl groups is 1. The van der Waals surface area contributed by atoms with E-state index >= 15 is 0 Å². The summed E-state index contributed by atoms with van der Waals surface area (Å²) < 4.78 is 31.9. The smallest absolute Gasteiger partial charge is 0.491 e. The Labute approximate surface area is 126 Å². The second-order valence-electron chi connectivity index (χ2n) is 4.77. The van der Waals surface area contributed by atoms with Crippen molar-refractivity contribution < 1.29 is 23.2 Å². The van der Waals surface area contributed by atoms with Gasteiger partial charge in [-0.15, -0.1) is 0 Å². The Kier molecular flexibility index (Phi) is 3.43. The molecular formula is C12H12BN3O5S. The van der Waals surface area contributed by atoms with Crippen LogP contribution in [0.1, 0.15) is 5.56 Å². The molecule has 2 heterocycles. The number of hydrogen-bond donors (Lipinski definition) is 4. The zero-order valence-corrected chi connectivity index (χ0v) is 12.0. The Hall–Kier alpha value is -2.30. The summed E-state index contributed by atoms with van der Waals surface area (Å²) in [5.41, 5.74) is 6.95. The van der Waals surface area contributed by atoms with Crippen molar-refractivity contribution in [2.75, 3.05) is 10.5 Å². The molecule has 8 nitrogen and oxygen atoms in total. The lowest BCUT2D eigenvalue weighted by Crippen LogP contribution is -2.28. The minimum absolute atomic E-state index is 0.169. The van der Waals surface area contributed by atoms with Gasteiger partial charge >= 0.3 is 7.12 Å². The van der Waals surface area contributed by atoms with Gasteiger partial charge in [-0.2, -0.15) is 8.42 Å². The van der Waals surface area contributed by atoms with Gasteiger partial charge in [0, 0.05) is 11.8 Å². The van der Waals surface area contributed by atoms with Gasteiger partial charge in [0.15, 0.2) is 5.03 Å². The highest BCUT2D eigenvalue weighted by molar-refractivity contribution is 7.92. The van der Waals surface area contributed by atoms with Crippen molar-refractivity contribution in [2.24, 2.45) is 0 Å².